The monoisotopic (exact) mass is 231 g/mol. The minimum atomic E-state index is -4.62. The van der Waals surface area contributed by atoms with Gasteiger partial charge in [0, 0.05) is 5.56 Å². The third-order valence-corrected chi connectivity index (χ3v) is 1.81. The molecule has 0 bridgehead atoms. The normalized spacial score (nSPS) is 11.8. The van der Waals surface area contributed by atoms with Gasteiger partial charge in [-0.1, -0.05) is 5.16 Å². The maximum absolute atomic E-state index is 13.0. The van der Waals surface area contributed by atoms with Gasteiger partial charge in [0.15, 0.2) is 0 Å². The number of halogens is 4. The van der Waals surface area contributed by atoms with Crippen LogP contribution in [0.15, 0.2) is 22.7 Å². The summed E-state index contributed by atoms with van der Waals surface area (Å²) in [5.41, 5.74) is -1.22. The lowest BCUT2D eigenvalue weighted by Crippen LogP contribution is -2.05. The number of aromatic nitrogens is 2. The zero-order valence-corrected chi connectivity index (χ0v) is 7.55. The van der Waals surface area contributed by atoms with Crippen LogP contribution in [-0.2, 0) is 6.18 Å². The molecule has 3 nitrogen and oxygen atoms in total. The van der Waals surface area contributed by atoms with E-state index >= 15 is 0 Å². The zero-order valence-electron chi connectivity index (χ0n) is 7.55. The highest BCUT2D eigenvalue weighted by molar-refractivity contribution is 5.55. The molecule has 0 unspecified atom stereocenters. The van der Waals surface area contributed by atoms with Gasteiger partial charge >= 0.3 is 12.6 Å². The van der Waals surface area contributed by atoms with Crippen molar-refractivity contribution in [2.45, 2.75) is 6.18 Å². The molecule has 2 aromatic rings. The molecule has 7 heteroatoms. The van der Waals surface area contributed by atoms with Crippen LogP contribution in [0.1, 0.15) is 5.56 Å². The summed E-state index contributed by atoms with van der Waals surface area (Å²) in [6.45, 7) is 0. The van der Waals surface area contributed by atoms with E-state index in [0.29, 0.717) is 6.07 Å². The summed E-state index contributed by atoms with van der Waals surface area (Å²) in [7, 11) is 0. The molecular formula is C9H3F4N2O. The largest absolute Gasteiger partial charge is 0.416 e. The Balaban J connectivity index is 2.53. The van der Waals surface area contributed by atoms with Crippen molar-refractivity contribution in [3.63, 3.8) is 0 Å². The lowest BCUT2D eigenvalue weighted by Gasteiger charge is -2.07. The van der Waals surface area contributed by atoms with Crippen LogP contribution in [0, 0.1) is 12.2 Å². The predicted molar refractivity (Wildman–Crippen MR) is 43.5 cm³/mol. The second-order valence-corrected chi connectivity index (χ2v) is 2.94. The number of rotatable bonds is 1. The summed E-state index contributed by atoms with van der Waals surface area (Å²) in [4.78, 5) is 3.41. The van der Waals surface area contributed by atoms with Crippen LogP contribution in [0.2, 0.25) is 0 Å². The molecule has 0 spiro atoms. The molecule has 0 aliphatic rings. The molecule has 0 N–H and O–H groups in total. The van der Waals surface area contributed by atoms with Gasteiger partial charge in [-0.25, -0.2) is 4.39 Å². The van der Waals surface area contributed by atoms with Crippen molar-refractivity contribution in [1.29, 1.82) is 0 Å². The second-order valence-electron chi connectivity index (χ2n) is 2.94. The highest BCUT2D eigenvalue weighted by atomic mass is 19.4. The minimum Gasteiger partial charge on any atom is -0.328 e. The standard InChI is InChI=1S/C9H3F4N2O/c10-7-2-5(8-14-4-16-15-8)1-6(3-7)9(11,12)13/h1-3H. The molecule has 0 atom stereocenters. The molecule has 1 heterocycles. The molecule has 1 radical (unpaired) electrons. The molecule has 83 valence electrons. The molecule has 0 amide bonds. The average Bonchev–Trinajstić information content (AvgIpc) is 2.68. The first kappa shape index (κ1) is 10.6. The summed E-state index contributed by atoms with van der Waals surface area (Å²) in [5.74, 6) is -1.17. The maximum atomic E-state index is 13.0. The number of alkyl halides is 3. The Labute approximate surface area is 86.7 Å². The smallest absolute Gasteiger partial charge is 0.328 e. The molecule has 0 fully saturated rings. The Morgan fingerprint density at radius 3 is 2.50 bits per heavy atom. The van der Waals surface area contributed by atoms with E-state index in [0.717, 1.165) is 12.1 Å². The van der Waals surface area contributed by atoms with Crippen LogP contribution in [0.4, 0.5) is 17.6 Å². The van der Waals surface area contributed by atoms with Gasteiger partial charge in [-0.2, -0.15) is 18.2 Å². The van der Waals surface area contributed by atoms with E-state index in [4.69, 9.17) is 0 Å². The van der Waals surface area contributed by atoms with Crippen LogP contribution < -0.4 is 0 Å². The van der Waals surface area contributed by atoms with Gasteiger partial charge < -0.3 is 4.52 Å². The number of nitrogens with zero attached hydrogens (tertiary/aromatic N) is 2. The van der Waals surface area contributed by atoms with Crippen molar-refractivity contribution in [2.75, 3.05) is 0 Å². The van der Waals surface area contributed by atoms with Crippen molar-refractivity contribution in [3.8, 4) is 11.4 Å². The van der Waals surface area contributed by atoms with Crippen LogP contribution in [0.5, 0.6) is 0 Å². The van der Waals surface area contributed by atoms with Gasteiger partial charge in [0.05, 0.1) is 5.56 Å². The molecule has 0 aliphatic heterocycles. The fourth-order valence-corrected chi connectivity index (χ4v) is 1.15. The molecule has 2 rings (SSSR count). The van der Waals surface area contributed by atoms with Crippen molar-refractivity contribution in [3.05, 3.63) is 36.0 Å². The molecule has 0 aliphatic carbocycles. The lowest BCUT2D eigenvalue weighted by molar-refractivity contribution is -0.137. The molecule has 1 aromatic carbocycles. The number of benzene rings is 1. The minimum absolute atomic E-state index is 0.114. The van der Waals surface area contributed by atoms with Gasteiger partial charge in [-0.05, 0) is 18.2 Å². The highest BCUT2D eigenvalue weighted by Gasteiger charge is 2.31. The van der Waals surface area contributed by atoms with Crippen molar-refractivity contribution in [2.24, 2.45) is 0 Å². The van der Waals surface area contributed by atoms with Crippen LogP contribution in [0.3, 0.4) is 0 Å². The summed E-state index contributed by atoms with van der Waals surface area (Å²) < 4.78 is 54.3. The third kappa shape index (κ3) is 2.02. The summed E-state index contributed by atoms with van der Waals surface area (Å²) in [5, 5.41) is 3.28. The SMILES string of the molecule is Fc1cc(-c2n[c]on2)cc(C(F)(F)F)c1. The fraction of sp³-hybridized carbons (Fsp3) is 0.111. The Bertz CT molecular complexity index is 493. The van der Waals surface area contributed by atoms with Crippen LogP contribution >= 0.6 is 0 Å². The second kappa shape index (κ2) is 3.58. The number of hydrogen-bond donors (Lipinski definition) is 0. The Morgan fingerprint density at radius 2 is 1.94 bits per heavy atom. The van der Waals surface area contributed by atoms with Gasteiger partial charge in [0.25, 0.3) is 0 Å². The Hall–Kier alpha value is -1.92. The third-order valence-electron chi connectivity index (χ3n) is 1.81. The maximum Gasteiger partial charge on any atom is 0.416 e. The van der Waals surface area contributed by atoms with Crippen molar-refractivity contribution in [1.82, 2.24) is 10.1 Å². The fourth-order valence-electron chi connectivity index (χ4n) is 1.15. The Kier molecular flexibility index (Phi) is 2.37. The summed E-state index contributed by atoms with van der Waals surface area (Å²) >= 11 is 0. The first-order valence-corrected chi connectivity index (χ1v) is 4.05. The summed E-state index contributed by atoms with van der Waals surface area (Å²) in [6.07, 6.45) is -2.65. The molecule has 0 saturated carbocycles. The van der Waals surface area contributed by atoms with Crippen molar-refractivity contribution >= 4 is 0 Å². The molecular weight excluding hydrogens is 228 g/mol. The average molecular weight is 231 g/mol. The van der Waals surface area contributed by atoms with Crippen LogP contribution in [0.25, 0.3) is 11.4 Å². The van der Waals surface area contributed by atoms with Gasteiger partial charge in [0.2, 0.25) is 5.82 Å². The molecule has 16 heavy (non-hydrogen) atoms. The highest BCUT2D eigenvalue weighted by Crippen LogP contribution is 2.32. The van der Waals surface area contributed by atoms with E-state index in [-0.39, 0.29) is 11.4 Å². The van der Waals surface area contributed by atoms with Gasteiger partial charge in [-0.3, -0.25) is 0 Å². The van der Waals surface area contributed by atoms with Gasteiger partial charge in [0.1, 0.15) is 5.82 Å². The van der Waals surface area contributed by atoms with E-state index in [9.17, 15) is 17.6 Å². The quantitative estimate of drug-likeness (QED) is 0.708. The number of hydrogen-bond acceptors (Lipinski definition) is 3. The van der Waals surface area contributed by atoms with Crippen molar-refractivity contribution < 1.29 is 22.1 Å². The molecule has 0 saturated heterocycles. The predicted octanol–water partition coefficient (Wildman–Crippen LogP) is 2.69. The van der Waals surface area contributed by atoms with E-state index in [1.165, 1.54) is 0 Å². The lowest BCUT2D eigenvalue weighted by atomic mass is 10.1. The van der Waals surface area contributed by atoms with E-state index < -0.39 is 17.6 Å². The first-order chi connectivity index (χ1) is 7.47. The topological polar surface area (TPSA) is 38.9 Å². The Morgan fingerprint density at radius 1 is 1.19 bits per heavy atom. The molecule has 1 aromatic heterocycles. The first-order valence-electron chi connectivity index (χ1n) is 4.05. The van der Waals surface area contributed by atoms with E-state index in [1.54, 1.807) is 0 Å². The summed E-state index contributed by atoms with van der Waals surface area (Å²) in [6, 6.07) is 2.02. The van der Waals surface area contributed by atoms with E-state index in [1.807, 2.05) is 6.39 Å². The van der Waals surface area contributed by atoms with Crippen LogP contribution in [-0.4, -0.2) is 10.1 Å². The van der Waals surface area contributed by atoms with Gasteiger partial charge in [-0.15, -0.1) is 0 Å². The zero-order chi connectivity index (χ0) is 11.8. The van der Waals surface area contributed by atoms with E-state index in [2.05, 4.69) is 14.7 Å².